The van der Waals surface area contributed by atoms with Crippen LogP contribution in [0.2, 0.25) is 20.1 Å². The third-order valence-corrected chi connectivity index (χ3v) is 5.77. The Morgan fingerprint density at radius 1 is 1.28 bits per heavy atom. The first-order chi connectivity index (χ1) is 11.9. The highest BCUT2D eigenvalue weighted by Crippen LogP contribution is 2.41. The Bertz CT molecular complexity index is 781. The molecule has 0 aliphatic carbocycles. The maximum atomic E-state index is 12.5. The number of hydrogen-bond acceptors (Lipinski definition) is 3. The molecule has 0 saturated carbocycles. The molecule has 0 spiro atoms. The zero-order chi connectivity index (χ0) is 18.1. The van der Waals surface area contributed by atoms with Crippen molar-refractivity contribution in [2.75, 3.05) is 18.4 Å². The number of halogens is 4. The smallest absolute Gasteiger partial charge is 0.238 e. The lowest BCUT2D eigenvalue weighted by atomic mass is 10.1. The van der Waals surface area contributed by atoms with E-state index in [1.807, 2.05) is 19.4 Å². The van der Waals surface area contributed by atoms with Gasteiger partial charge in [0.2, 0.25) is 5.91 Å². The molecule has 1 N–H and O–H groups in total. The first-order valence-electron chi connectivity index (χ1n) is 7.72. The van der Waals surface area contributed by atoms with Crippen molar-refractivity contribution in [1.82, 2.24) is 14.7 Å². The van der Waals surface area contributed by atoms with Crippen LogP contribution in [0.5, 0.6) is 0 Å². The van der Waals surface area contributed by atoms with Gasteiger partial charge in [0.25, 0.3) is 0 Å². The topological polar surface area (TPSA) is 50.2 Å². The van der Waals surface area contributed by atoms with Crippen LogP contribution in [0, 0.1) is 0 Å². The van der Waals surface area contributed by atoms with Crippen LogP contribution in [0.4, 0.5) is 5.69 Å². The molecule has 134 valence electrons. The van der Waals surface area contributed by atoms with Gasteiger partial charge in [0.15, 0.2) is 0 Å². The van der Waals surface area contributed by atoms with Crippen molar-refractivity contribution >= 4 is 58.0 Å². The molecule has 1 aliphatic rings. The summed E-state index contributed by atoms with van der Waals surface area (Å²) >= 11 is 24.3. The predicted octanol–water partition coefficient (Wildman–Crippen LogP) is 4.81. The maximum Gasteiger partial charge on any atom is 0.238 e. The van der Waals surface area contributed by atoms with Crippen LogP contribution >= 0.6 is 46.4 Å². The van der Waals surface area contributed by atoms with Crippen molar-refractivity contribution < 1.29 is 4.79 Å². The lowest BCUT2D eigenvalue weighted by molar-refractivity contribution is -0.117. The minimum absolute atomic E-state index is 0.174. The van der Waals surface area contributed by atoms with Gasteiger partial charge in [-0.3, -0.25) is 14.4 Å². The lowest BCUT2D eigenvalue weighted by Crippen LogP contribution is -2.33. The first kappa shape index (κ1) is 18.8. The average Bonchev–Trinajstić information content (AvgIpc) is 3.18. The molecule has 3 rings (SSSR count). The van der Waals surface area contributed by atoms with Crippen molar-refractivity contribution in [3.63, 3.8) is 0 Å². The van der Waals surface area contributed by atoms with Crippen molar-refractivity contribution in [3.8, 4) is 0 Å². The van der Waals surface area contributed by atoms with Crippen LogP contribution < -0.4 is 5.32 Å². The Morgan fingerprint density at radius 3 is 2.56 bits per heavy atom. The highest BCUT2D eigenvalue weighted by Gasteiger charge is 2.29. The van der Waals surface area contributed by atoms with E-state index in [4.69, 9.17) is 46.4 Å². The largest absolute Gasteiger partial charge is 0.322 e. The molecule has 1 aromatic heterocycles. The number of hydrogen-bond donors (Lipinski definition) is 1. The number of aromatic nitrogens is 2. The minimum Gasteiger partial charge on any atom is -0.322 e. The van der Waals surface area contributed by atoms with Gasteiger partial charge in [-0.15, -0.1) is 0 Å². The number of carbonyl (C=O) groups is 1. The SMILES string of the molecule is Cn1cc(C2CCCN2CC(=O)Nc2c(Cl)c(Cl)cc(Cl)c2Cl)cn1. The summed E-state index contributed by atoms with van der Waals surface area (Å²) in [6, 6.07) is 1.62. The number of carbonyl (C=O) groups excluding carboxylic acids is 1. The first-order valence-corrected chi connectivity index (χ1v) is 9.23. The van der Waals surface area contributed by atoms with Gasteiger partial charge in [-0.2, -0.15) is 5.10 Å². The van der Waals surface area contributed by atoms with Gasteiger partial charge in [-0.05, 0) is 25.5 Å². The average molecular weight is 422 g/mol. The number of anilines is 1. The highest BCUT2D eigenvalue weighted by molar-refractivity contribution is 6.50. The van der Waals surface area contributed by atoms with Crippen LogP contribution in [-0.4, -0.2) is 33.7 Å². The van der Waals surface area contributed by atoms with E-state index in [1.54, 1.807) is 4.68 Å². The fourth-order valence-corrected chi connectivity index (χ4v) is 3.96. The van der Waals surface area contributed by atoms with E-state index in [0.29, 0.717) is 0 Å². The lowest BCUT2D eigenvalue weighted by Gasteiger charge is -2.23. The molecule has 9 heteroatoms. The third kappa shape index (κ3) is 4.07. The number of amides is 1. The highest BCUT2D eigenvalue weighted by atomic mass is 35.5. The minimum atomic E-state index is -0.224. The second kappa shape index (κ2) is 7.72. The summed E-state index contributed by atoms with van der Waals surface area (Å²) in [6.07, 6.45) is 5.83. The van der Waals surface area contributed by atoms with Gasteiger partial charge in [0, 0.05) is 24.8 Å². The summed E-state index contributed by atoms with van der Waals surface area (Å²) in [7, 11) is 1.88. The monoisotopic (exact) mass is 420 g/mol. The molecule has 25 heavy (non-hydrogen) atoms. The summed E-state index contributed by atoms with van der Waals surface area (Å²) in [5.74, 6) is -0.224. The number of nitrogens with one attached hydrogen (secondary N) is 1. The Morgan fingerprint density at radius 2 is 1.96 bits per heavy atom. The van der Waals surface area contributed by atoms with E-state index in [9.17, 15) is 4.79 Å². The van der Waals surface area contributed by atoms with E-state index in [0.717, 1.165) is 24.9 Å². The van der Waals surface area contributed by atoms with Crippen LogP contribution in [0.1, 0.15) is 24.4 Å². The van der Waals surface area contributed by atoms with Gasteiger partial charge in [0.05, 0.1) is 38.5 Å². The van der Waals surface area contributed by atoms with E-state index in [1.165, 1.54) is 6.07 Å². The molecule has 1 amide bonds. The molecule has 1 aromatic carbocycles. The molecular formula is C16H16Cl4N4O. The third-order valence-electron chi connectivity index (χ3n) is 4.20. The van der Waals surface area contributed by atoms with Gasteiger partial charge >= 0.3 is 0 Å². The van der Waals surface area contributed by atoms with Crippen LogP contribution in [0.25, 0.3) is 0 Å². The molecule has 1 unspecified atom stereocenters. The number of aryl methyl sites for hydroxylation is 1. The van der Waals surface area contributed by atoms with Crippen molar-refractivity contribution in [2.24, 2.45) is 7.05 Å². The fourth-order valence-electron chi connectivity index (χ4n) is 3.05. The number of rotatable bonds is 4. The maximum absolute atomic E-state index is 12.5. The van der Waals surface area contributed by atoms with Crippen LogP contribution in [-0.2, 0) is 11.8 Å². The van der Waals surface area contributed by atoms with Gasteiger partial charge in [-0.25, -0.2) is 0 Å². The molecule has 1 aliphatic heterocycles. The second-order valence-corrected chi connectivity index (χ2v) is 7.54. The zero-order valence-electron chi connectivity index (χ0n) is 13.4. The molecule has 1 atom stereocenters. The molecule has 5 nitrogen and oxygen atoms in total. The molecule has 0 bridgehead atoms. The van der Waals surface area contributed by atoms with Crippen molar-refractivity contribution in [2.45, 2.75) is 18.9 Å². The Balaban J connectivity index is 1.73. The van der Waals surface area contributed by atoms with Crippen LogP contribution in [0.15, 0.2) is 18.5 Å². The van der Waals surface area contributed by atoms with Crippen molar-refractivity contribution in [3.05, 3.63) is 44.1 Å². The number of benzene rings is 1. The fraction of sp³-hybridized carbons (Fsp3) is 0.375. The molecule has 2 heterocycles. The van der Waals surface area contributed by atoms with E-state index in [-0.39, 0.29) is 44.3 Å². The summed E-state index contributed by atoms with van der Waals surface area (Å²) < 4.78 is 1.76. The second-order valence-electron chi connectivity index (χ2n) is 5.97. The molecular weight excluding hydrogens is 406 g/mol. The normalized spacial score (nSPS) is 17.9. The Labute approximate surface area is 165 Å². The summed E-state index contributed by atoms with van der Waals surface area (Å²) in [6.45, 7) is 1.06. The molecule has 1 fully saturated rings. The van der Waals surface area contributed by atoms with Gasteiger partial charge < -0.3 is 5.32 Å². The van der Waals surface area contributed by atoms with E-state index < -0.39 is 0 Å². The molecule has 2 aromatic rings. The Hall–Kier alpha value is -0.980. The summed E-state index contributed by atoms with van der Waals surface area (Å²) in [5.41, 5.74) is 1.35. The summed E-state index contributed by atoms with van der Waals surface area (Å²) in [5, 5.41) is 7.77. The number of nitrogens with zero attached hydrogens (tertiary/aromatic N) is 3. The van der Waals surface area contributed by atoms with Crippen LogP contribution in [0.3, 0.4) is 0 Å². The number of likely N-dealkylation sites (tertiary alicyclic amines) is 1. The van der Waals surface area contributed by atoms with Gasteiger partial charge in [-0.1, -0.05) is 46.4 Å². The van der Waals surface area contributed by atoms with E-state index in [2.05, 4.69) is 15.3 Å². The van der Waals surface area contributed by atoms with Crippen molar-refractivity contribution in [1.29, 1.82) is 0 Å². The standard InChI is InChI=1S/C16H16Cl4N4O/c1-23-7-9(6-21-23)12-3-2-4-24(12)8-13(25)22-16-14(19)10(17)5-11(18)15(16)20/h5-7,12H,2-4,8H2,1H3,(H,22,25). The quantitative estimate of drug-likeness (QED) is 0.720. The molecule has 1 saturated heterocycles. The van der Waals surface area contributed by atoms with E-state index >= 15 is 0 Å². The molecule has 0 radical (unpaired) electrons. The predicted molar refractivity (Wildman–Crippen MR) is 102 cm³/mol. The van der Waals surface area contributed by atoms with Gasteiger partial charge in [0.1, 0.15) is 0 Å². The summed E-state index contributed by atoms with van der Waals surface area (Å²) in [4.78, 5) is 14.6. The zero-order valence-corrected chi connectivity index (χ0v) is 16.4. The Kier molecular flexibility index (Phi) is 5.81.